The lowest BCUT2D eigenvalue weighted by Crippen LogP contribution is -2.40. The van der Waals surface area contributed by atoms with Crippen molar-refractivity contribution >= 4 is 11.9 Å². The highest BCUT2D eigenvalue weighted by Gasteiger charge is 2.42. The lowest BCUT2D eigenvalue weighted by atomic mass is 9.90. The summed E-state index contributed by atoms with van der Waals surface area (Å²) in [4.78, 5) is 24.9. The third-order valence-corrected chi connectivity index (χ3v) is 3.71. The summed E-state index contributed by atoms with van der Waals surface area (Å²) in [7, 11) is 0. The molecule has 0 aliphatic carbocycles. The van der Waals surface area contributed by atoms with Crippen LogP contribution < -0.4 is 0 Å². The third-order valence-electron chi connectivity index (χ3n) is 3.71. The molecule has 19 heavy (non-hydrogen) atoms. The zero-order valence-electron chi connectivity index (χ0n) is 12.3. The summed E-state index contributed by atoms with van der Waals surface area (Å²) in [6.45, 7) is 8.97. The minimum Gasteiger partial charge on any atom is -0.481 e. The van der Waals surface area contributed by atoms with Gasteiger partial charge in [-0.3, -0.25) is 9.59 Å². The molecular weight excluding hydrogens is 246 g/mol. The summed E-state index contributed by atoms with van der Waals surface area (Å²) in [5.41, 5.74) is -0.812. The molecule has 2 atom stereocenters. The van der Waals surface area contributed by atoms with Crippen molar-refractivity contribution in [3.63, 3.8) is 0 Å². The Bertz CT molecular complexity index is 342. The average molecular weight is 271 g/mol. The number of ether oxygens (including phenoxy) is 1. The largest absolute Gasteiger partial charge is 0.481 e. The fraction of sp³-hybridized carbons (Fsp3) is 0.857. The van der Waals surface area contributed by atoms with E-state index in [9.17, 15) is 9.59 Å². The molecule has 110 valence electrons. The van der Waals surface area contributed by atoms with Gasteiger partial charge in [0.2, 0.25) is 0 Å². The highest BCUT2D eigenvalue weighted by Crippen LogP contribution is 2.30. The van der Waals surface area contributed by atoms with E-state index in [1.807, 2.05) is 0 Å². The monoisotopic (exact) mass is 271 g/mol. The molecule has 1 N–H and O–H groups in total. The van der Waals surface area contributed by atoms with Gasteiger partial charge in [-0.05, 0) is 32.6 Å². The van der Waals surface area contributed by atoms with E-state index >= 15 is 0 Å². The van der Waals surface area contributed by atoms with Crippen LogP contribution in [0.1, 0.15) is 40.5 Å². The van der Waals surface area contributed by atoms with Crippen LogP contribution in [0.5, 0.6) is 0 Å². The minimum atomic E-state index is -0.837. The predicted octanol–water partition coefficient (Wildman–Crippen LogP) is 1.76. The molecule has 1 aliphatic heterocycles. The molecule has 5 heteroatoms. The van der Waals surface area contributed by atoms with Crippen molar-refractivity contribution < 1.29 is 19.4 Å². The standard InChI is InChI=1S/C14H25NO4/c1-10(2)5-8-19-11(3)12(16)15-7-6-14(4,9-15)13(17)18/h10-11H,5-9H2,1-4H3,(H,17,18). The van der Waals surface area contributed by atoms with E-state index in [-0.39, 0.29) is 12.5 Å². The van der Waals surface area contributed by atoms with E-state index in [2.05, 4.69) is 13.8 Å². The van der Waals surface area contributed by atoms with Crippen LogP contribution in [0.15, 0.2) is 0 Å². The molecule has 5 nitrogen and oxygen atoms in total. The summed E-state index contributed by atoms with van der Waals surface area (Å²) < 4.78 is 5.52. The van der Waals surface area contributed by atoms with Crippen molar-refractivity contribution in [2.24, 2.45) is 11.3 Å². The Morgan fingerprint density at radius 3 is 2.47 bits per heavy atom. The first-order valence-corrected chi connectivity index (χ1v) is 6.90. The van der Waals surface area contributed by atoms with Gasteiger partial charge in [-0.2, -0.15) is 0 Å². The van der Waals surface area contributed by atoms with Gasteiger partial charge in [0, 0.05) is 19.7 Å². The predicted molar refractivity (Wildman–Crippen MR) is 71.8 cm³/mol. The van der Waals surface area contributed by atoms with Gasteiger partial charge < -0.3 is 14.7 Å². The lowest BCUT2D eigenvalue weighted by Gasteiger charge is -2.23. The minimum absolute atomic E-state index is 0.103. The Hall–Kier alpha value is -1.10. The number of carbonyl (C=O) groups is 2. The van der Waals surface area contributed by atoms with E-state index in [0.29, 0.717) is 25.5 Å². The van der Waals surface area contributed by atoms with Gasteiger partial charge in [0.25, 0.3) is 5.91 Å². The van der Waals surface area contributed by atoms with Gasteiger partial charge in [0.1, 0.15) is 6.10 Å². The fourth-order valence-corrected chi connectivity index (χ4v) is 2.13. The molecule has 2 unspecified atom stereocenters. The van der Waals surface area contributed by atoms with E-state index < -0.39 is 17.5 Å². The van der Waals surface area contributed by atoms with Crippen LogP contribution in [-0.4, -0.2) is 47.7 Å². The smallest absolute Gasteiger partial charge is 0.311 e. The van der Waals surface area contributed by atoms with Crippen LogP contribution in [0.3, 0.4) is 0 Å². The van der Waals surface area contributed by atoms with E-state index in [1.54, 1.807) is 18.7 Å². The lowest BCUT2D eigenvalue weighted by molar-refractivity contribution is -0.148. The molecule has 1 amide bonds. The van der Waals surface area contributed by atoms with Gasteiger partial charge in [0.05, 0.1) is 5.41 Å². The number of likely N-dealkylation sites (tertiary alicyclic amines) is 1. The first-order valence-electron chi connectivity index (χ1n) is 6.90. The van der Waals surface area contributed by atoms with Crippen LogP contribution in [0.4, 0.5) is 0 Å². The molecule has 1 aliphatic rings. The highest BCUT2D eigenvalue weighted by molar-refractivity contribution is 5.83. The number of aliphatic carboxylic acids is 1. The average Bonchev–Trinajstić information content (AvgIpc) is 2.71. The highest BCUT2D eigenvalue weighted by atomic mass is 16.5. The van der Waals surface area contributed by atoms with Crippen LogP contribution in [0.25, 0.3) is 0 Å². The summed E-state index contributed by atoms with van der Waals surface area (Å²) in [6.07, 6.45) is 0.937. The van der Waals surface area contributed by atoms with Gasteiger partial charge in [-0.25, -0.2) is 0 Å². The van der Waals surface area contributed by atoms with Gasteiger partial charge in [-0.15, -0.1) is 0 Å². The Morgan fingerprint density at radius 2 is 2.00 bits per heavy atom. The number of amides is 1. The quantitative estimate of drug-likeness (QED) is 0.799. The number of hydrogen-bond donors (Lipinski definition) is 1. The fourth-order valence-electron chi connectivity index (χ4n) is 2.13. The van der Waals surface area contributed by atoms with Crippen LogP contribution in [0.2, 0.25) is 0 Å². The number of carbonyl (C=O) groups excluding carboxylic acids is 1. The van der Waals surface area contributed by atoms with Gasteiger partial charge in [0.15, 0.2) is 0 Å². The van der Waals surface area contributed by atoms with Crippen LogP contribution in [0, 0.1) is 11.3 Å². The van der Waals surface area contributed by atoms with Crippen molar-refractivity contribution in [3.8, 4) is 0 Å². The topological polar surface area (TPSA) is 66.8 Å². The molecular formula is C14H25NO4. The summed E-state index contributed by atoms with van der Waals surface area (Å²) in [6, 6.07) is 0. The summed E-state index contributed by atoms with van der Waals surface area (Å²) in [5.74, 6) is -0.394. The molecule has 0 spiro atoms. The van der Waals surface area contributed by atoms with Crippen molar-refractivity contribution in [2.45, 2.75) is 46.6 Å². The molecule has 0 saturated carbocycles. The van der Waals surface area contributed by atoms with Gasteiger partial charge >= 0.3 is 5.97 Å². The van der Waals surface area contributed by atoms with Crippen molar-refractivity contribution in [1.29, 1.82) is 0 Å². The normalized spacial score (nSPS) is 24.8. The van der Waals surface area contributed by atoms with Crippen molar-refractivity contribution in [1.82, 2.24) is 4.90 Å². The number of nitrogens with zero attached hydrogens (tertiary/aromatic N) is 1. The molecule has 0 bridgehead atoms. The molecule has 0 aromatic rings. The van der Waals surface area contributed by atoms with Gasteiger partial charge in [-0.1, -0.05) is 13.8 Å². The SMILES string of the molecule is CC(C)CCOC(C)C(=O)N1CCC(C)(C(=O)O)C1. The van der Waals surface area contributed by atoms with E-state index in [1.165, 1.54) is 0 Å². The van der Waals surface area contributed by atoms with Crippen molar-refractivity contribution in [3.05, 3.63) is 0 Å². The second-order valence-electron chi connectivity index (χ2n) is 6.07. The van der Waals surface area contributed by atoms with Crippen molar-refractivity contribution in [2.75, 3.05) is 19.7 Å². The summed E-state index contributed by atoms with van der Waals surface area (Å²) >= 11 is 0. The molecule has 0 aromatic heterocycles. The number of carboxylic acid groups (broad SMARTS) is 1. The van der Waals surface area contributed by atoms with Crippen LogP contribution in [-0.2, 0) is 14.3 Å². The molecule has 0 aromatic carbocycles. The number of carboxylic acids is 1. The maximum Gasteiger partial charge on any atom is 0.311 e. The third kappa shape index (κ3) is 4.20. The second-order valence-corrected chi connectivity index (χ2v) is 6.07. The van der Waals surface area contributed by atoms with E-state index in [4.69, 9.17) is 9.84 Å². The first-order chi connectivity index (χ1) is 8.76. The molecule has 0 radical (unpaired) electrons. The second kappa shape index (κ2) is 6.37. The number of rotatable bonds is 6. The molecule has 1 saturated heterocycles. The Kier molecular flexibility index (Phi) is 5.35. The first kappa shape index (κ1) is 16.0. The van der Waals surface area contributed by atoms with E-state index in [0.717, 1.165) is 6.42 Å². The maximum atomic E-state index is 12.1. The Morgan fingerprint density at radius 1 is 1.37 bits per heavy atom. The summed E-state index contributed by atoms with van der Waals surface area (Å²) in [5, 5.41) is 9.14. The van der Waals surface area contributed by atoms with Crippen LogP contribution >= 0.6 is 0 Å². The molecule has 1 heterocycles. The number of hydrogen-bond acceptors (Lipinski definition) is 3. The molecule has 1 rings (SSSR count). The molecule has 1 fully saturated rings. The Labute approximate surface area is 114 Å². The maximum absolute atomic E-state index is 12.1. The Balaban J connectivity index is 2.44. The zero-order chi connectivity index (χ0) is 14.6. The zero-order valence-corrected chi connectivity index (χ0v) is 12.3.